The number of benzene rings is 2. The molecule has 47 heavy (non-hydrogen) atoms. The molecule has 4 aromatic rings. The SMILES string of the molecule is O=C(C1CCN1S(=O)(=O)c1c(F)c(F)c(F)c(F)c1F)N(Cc1ccc(C2CCCCC2)cn1)c1ccc2c(=O)n(CO)ccc2c1. The van der Waals surface area contributed by atoms with Crippen molar-refractivity contribution in [2.45, 2.75) is 68.7 Å². The van der Waals surface area contributed by atoms with Gasteiger partial charge in [-0.2, -0.15) is 4.31 Å². The van der Waals surface area contributed by atoms with Gasteiger partial charge in [0.25, 0.3) is 5.56 Å². The van der Waals surface area contributed by atoms with Gasteiger partial charge in [0.05, 0.1) is 12.2 Å². The van der Waals surface area contributed by atoms with Crippen LogP contribution in [0.15, 0.2) is 58.5 Å². The Balaban J connectivity index is 1.37. The lowest BCUT2D eigenvalue weighted by Gasteiger charge is -2.41. The zero-order valence-corrected chi connectivity index (χ0v) is 25.6. The molecule has 1 atom stereocenters. The second kappa shape index (κ2) is 12.8. The first kappa shape index (κ1) is 32.7. The van der Waals surface area contributed by atoms with Crippen molar-refractivity contribution in [3.63, 3.8) is 0 Å². The lowest BCUT2D eigenvalue weighted by Crippen LogP contribution is -2.59. The normalized spacial score (nSPS) is 17.5. The smallest absolute Gasteiger partial charge is 0.260 e. The van der Waals surface area contributed by atoms with Crippen molar-refractivity contribution in [1.29, 1.82) is 0 Å². The van der Waals surface area contributed by atoms with Gasteiger partial charge < -0.3 is 10.0 Å². The molecular weight excluding hydrogens is 647 g/mol. The van der Waals surface area contributed by atoms with E-state index in [-0.39, 0.29) is 24.0 Å². The van der Waals surface area contributed by atoms with Gasteiger partial charge in [-0.15, -0.1) is 0 Å². The predicted octanol–water partition coefficient (Wildman–Crippen LogP) is 5.09. The highest BCUT2D eigenvalue weighted by Crippen LogP contribution is 2.36. The van der Waals surface area contributed by atoms with Gasteiger partial charge in [-0.1, -0.05) is 25.3 Å². The van der Waals surface area contributed by atoms with Gasteiger partial charge >= 0.3 is 0 Å². The summed E-state index contributed by atoms with van der Waals surface area (Å²) in [5.41, 5.74) is 1.22. The van der Waals surface area contributed by atoms with E-state index in [1.54, 1.807) is 18.3 Å². The number of aliphatic hydroxyl groups is 1. The number of sulfonamides is 1. The largest absolute Gasteiger partial charge is 0.376 e. The first-order valence-corrected chi connectivity index (χ1v) is 16.4. The Morgan fingerprint density at radius 1 is 0.915 bits per heavy atom. The molecule has 0 bridgehead atoms. The van der Waals surface area contributed by atoms with Gasteiger partial charge in [0, 0.05) is 30.0 Å². The van der Waals surface area contributed by atoms with Gasteiger partial charge in [0.2, 0.25) is 21.7 Å². The first-order chi connectivity index (χ1) is 22.4. The number of amides is 1. The van der Waals surface area contributed by atoms with E-state index in [9.17, 15) is 45.1 Å². The number of nitrogens with zero attached hydrogens (tertiary/aromatic N) is 4. The van der Waals surface area contributed by atoms with E-state index < -0.39 is 74.8 Å². The molecule has 2 aromatic heterocycles. The molecule has 3 heterocycles. The lowest BCUT2D eigenvalue weighted by molar-refractivity contribution is -0.125. The quantitative estimate of drug-likeness (QED) is 0.158. The fourth-order valence-corrected chi connectivity index (χ4v) is 7.97. The summed E-state index contributed by atoms with van der Waals surface area (Å²) in [6, 6.07) is 8.05. The average molecular weight is 677 g/mol. The second-order valence-electron chi connectivity index (χ2n) is 11.7. The molecular formula is C32H29F5N4O5S. The van der Waals surface area contributed by atoms with E-state index in [1.165, 1.54) is 35.7 Å². The number of hydrogen-bond acceptors (Lipinski definition) is 6. The lowest BCUT2D eigenvalue weighted by atomic mass is 9.85. The minimum atomic E-state index is -5.37. The summed E-state index contributed by atoms with van der Waals surface area (Å²) < 4.78 is 98.8. The summed E-state index contributed by atoms with van der Waals surface area (Å²) >= 11 is 0. The summed E-state index contributed by atoms with van der Waals surface area (Å²) in [6.07, 6.45) is 8.47. The number of carbonyl (C=O) groups is 1. The minimum Gasteiger partial charge on any atom is -0.376 e. The maximum Gasteiger partial charge on any atom is 0.260 e. The van der Waals surface area contributed by atoms with Crippen molar-refractivity contribution in [3.05, 3.63) is 99.5 Å². The molecule has 1 saturated heterocycles. The van der Waals surface area contributed by atoms with Crippen molar-refractivity contribution in [1.82, 2.24) is 13.9 Å². The van der Waals surface area contributed by atoms with E-state index in [0.717, 1.165) is 35.8 Å². The van der Waals surface area contributed by atoms with Crippen molar-refractivity contribution in [2.75, 3.05) is 11.4 Å². The molecule has 248 valence electrons. The van der Waals surface area contributed by atoms with Crippen molar-refractivity contribution in [2.24, 2.45) is 0 Å². The molecule has 1 saturated carbocycles. The number of rotatable bonds is 8. The Labute approximate surface area is 265 Å². The Hall–Kier alpha value is -4.21. The Morgan fingerprint density at radius 3 is 2.19 bits per heavy atom. The van der Waals surface area contributed by atoms with E-state index in [2.05, 4.69) is 4.98 Å². The van der Waals surface area contributed by atoms with Crippen molar-refractivity contribution >= 4 is 32.4 Å². The maximum absolute atomic E-state index is 14.6. The zero-order chi connectivity index (χ0) is 33.6. The molecule has 1 aliphatic carbocycles. The number of carbonyl (C=O) groups excluding carboxylic acids is 1. The van der Waals surface area contributed by atoms with Crippen LogP contribution in [0.5, 0.6) is 0 Å². The predicted molar refractivity (Wildman–Crippen MR) is 160 cm³/mol. The van der Waals surface area contributed by atoms with Gasteiger partial charge in [-0.05, 0) is 66.5 Å². The summed E-state index contributed by atoms with van der Waals surface area (Å²) in [4.78, 5) is 30.5. The third-order valence-electron chi connectivity index (χ3n) is 8.93. The molecule has 2 aliphatic rings. The van der Waals surface area contributed by atoms with Crippen LogP contribution in [0.25, 0.3) is 10.8 Å². The van der Waals surface area contributed by atoms with Gasteiger partial charge in [0.15, 0.2) is 28.2 Å². The maximum atomic E-state index is 14.6. The molecule has 9 nitrogen and oxygen atoms in total. The second-order valence-corrected chi connectivity index (χ2v) is 13.5. The average Bonchev–Trinajstić information content (AvgIpc) is 3.05. The fraction of sp³-hybridized carbons (Fsp3) is 0.344. The fourth-order valence-electron chi connectivity index (χ4n) is 6.23. The third kappa shape index (κ3) is 5.80. The molecule has 0 radical (unpaired) electrons. The molecule has 1 N–H and O–H groups in total. The van der Waals surface area contributed by atoms with Crippen LogP contribution in [0.4, 0.5) is 27.6 Å². The number of pyridine rings is 2. The molecule has 2 aromatic carbocycles. The number of aromatic nitrogens is 2. The van der Waals surface area contributed by atoms with E-state index in [0.29, 0.717) is 21.3 Å². The van der Waals surface area contributed by atoms with Crippen LogP contribution in [0.2, 0.25) is 0 Å². The van der Waals surface area contributed by atoms with Gasteiger partial charge in [-0.3, -0.25) is 19.1 Å². The number of halogens is 5. The number of fused-ring (bicyclic) bond motifs is 1. The molecule has 1 aliphatic heterocycles. The Kier molecular flexibility index (Phi) is 8.89. The highest BCUT2D eigenvalue weighted by atomic mass is 32.2. The number of aliphatic hydroxyl groups excluding tert-OH is 1. The van der Waals surface area contributed by atoms with Crippen LogP contribution >= 0.6 is 0 Å². The third-order valence-corrected chi connectivity index (χ3v) is 10.9. The highest BCUT2D eigenvalue weighted by molar-refractivity contribution is 7.89. The summed E-state index contributed by atoms with van der Waals surface area (Å²) in [7, 11) is -5.37. The van der Waals surface area contributed by atoms with Gasteiger partial charge in [-0.25, -0.2) is 30.4 Å². The molecule has 15 heteroatoms. The standard InChI is InChI=1S/C32H29F5N4O5S/c33-25-26(34)28(36)30(29(37)27(25)35)47(45,46)41-13-11-24(41)32(44)40(16-21-7-6-20(15-38-21)18-4-2-1-3-5-18)22-8-9-23-19(14-22)10-12-39(17-42)31(23)43/h6-10,12,14-15,18,24,42H,1-5,11,13,16-17H2. The van der Waals surface area contributed by atoms with Crippen LogP contribution < -0.4 is 10.5 Å². The number of hydrogen-bond donors (Lipinski definition) is 1. The van der Waals surface area contributed by atoms with Crippen molar-refractivity contribution in [3.8, 4) is 0 Å². The topological polar surface area (TPSA) is 113 Å². The van der Waals surface area contributed by atoms with E-state index in [1.807, 2.05) is 6.07 Å². The zero-order valence-electron chi connectivity index (χ0n) is 24.8. The van der Waals surface area contributed by atoms with Crippen LogP contribution in [0.3, 0.4) is 0 Å². The molecule has 2 fully saturated rings. The van der Waals surface area contributed by atoms with E-state index in [4.69, 9.17) is 0 Å². The van der Waals surface area contributed by atoms with Crippen LogP contribution in [-0.2, 0) is 28.1 Å². The van der Waals surface area contributed by atoms with Crippen molar-refractivity contribution < 1.29 is 40.3 Å². The first-order valence-electron chi connectivity index (χ1n) is 15.0. The molecule has 1 amide bonds. The molecule has 1 unspecified atom stereocenters. The Morgan fingerprint density at radius 2 is 1.60 bits per heavy atom. The molecule has 6 rings (SSSR count). The van der Waals surface area contributed by atoms with E-state index >= 15 is 0 Å². The van der Waals surface area contributed by atoms with Crippen LogP contribution in [0, 0.1) is 29.1 Å². The Bertz CT molecular complexity index is 2010. The van der Waals surface area contributed by atoms with Crippen LogP contribution in [0.1, 0.15) is 55.7 Å². The summed E-state index contributed by atoms with van der Waals surface area (Å²) in [5.74, 6) is -12.9. The summed E-state index contributed by atoms with van der Waals surface area (Å²) in [6.45, 7) is -1.15. The number of anilines is 1. The molecule has 0 spiro atoms. The highest BCUT2D eigenvalue weighted by Gasteiger charge is 2.48. The summed E-state index contributed by atoms with van der Waals surface area (Å²) in [5, 5.41) is 10.1. The van der Waals surface area contributed by atoms with Crippen LogP contribution in [-0.4, -0.2) is 45.9 Å². The minimum absolute atomic E-state index is 0.104. The van der Waals surface area contributed by atoms with Gasteiger partial charge in [0.1, 0.15) is 12.8 Å². The monoisotopic (exact) mass is 676 g/mol.